The number of fused-ring (bicyclic) bond motifs is 1. The summed E-state index contributed by atoms with van der Waals surface area (Å²) in [4.78, 5) is 31.8. The van der Waals surface area contributed by atoms with Gasteiger partial charge in [-0.25, -0.2) is 14.6 Å². The first kappa shape index (κ1) is 30.6. The van der Waals surface area contributed by atoms with Crippen LogP contribution in [-0.4, -0.2) is 54.5 Å². The van der Waals surface area contributed by atoms with Crippen LogP contribution in [0, 0.1) is 5.92 Å². The van der Waals surface area contributed by atoms with Crippen LogP contribution in [0.4, 0.5) is 15.4 Å². The van der Waals surface area contributed by atoms with Gasteiger partial charge in [0.2, 0.25) is 0 Å². The van der Waals surface area contributed by atoms with E-state index in [1.807, 2.05) is 63.2 Å². The molecule has 10 nitrogen and oxygen atoms in total. The van der Waals surface area contributed by atoms with Gasteiger partial charge in [-0.05, 0) is 99.7 Å². The highest BCUT2D eigenvalue weighted by Gasteiger charge is 2.32. The summed E-state index contributed by atoms with van der Waals surface area (Å²) in [6, 6.07) is 15.6. The highest BCUT2D eigenvalue weighted by atomic mass is 16.6. The Balaban J connectivity index is 1.33. The monoisotopic (exact) mass is 615 g/mol. The van der Waals surface area contributed by atoms with E-state index in [4.69, 9.17) is 28.7 Å². The topological polar surface area (TPSA) is 108 Å². The van der Waals surface area contributed by atoms with Gasteiger partial charge >= 0.3 is 12.2 Å². The number of pyridine rings is 1. The molecule has 3 aromatic rings. The van der Waals surface area contributed by atoms with Crippen LogP contribution in [0.15, 0.2) is 48.5 Å². The molecule has 10 heteroatoms. The van der Waals surface area contributed by atoms with E-state index in [9.17, 15) is 9.59 Å². The maximum Gasteiger partial charge on any atom is 0.413 e. The summed E-state index contributed by atoms with van der Waals surface area (Å²) in [6.45, 7) is 7.85. The fourth-order valence-electron chi connectivity index (χ4n) is 5.69. The van der Waals surface area contributed by atoms with Crippen molar-refractivity contribution in [1.82, 2.24) is 9.88 Å². The average molecular weight is 616 g/mol. The Morgan fingerprint density at radius 3 is 2.40 bits per heavy atom. The zero-order valence-corrected chi connectivity index (χ0v) is 26.4. The van der Waals surface area contributed by atoms with Crippen LogP contribution in [0.5, 0.6) is 17.2 Å². The lowest BCUT2D eigenvalue weighted by atomic mass is 9.86. The number of anilines is 1. The van der Waals surface area contributed by atoms with E-state index < -0.39 is 11.7 Å². The summed E-state index contributed by atoms with van der Waals surface area (Å²) in [5, 5.41) is 2.82. The maximum absolute atomic E-state index is 12.7. The van der Waals surface area contributed by atoms with Crippen molar-refractivity contribution in [3.05, 3.63) is 65.2 Å². The number of likely N-dealkylation sites (tertiary alicyclic amines) is 1. The smallest absolute Gasteiger partial charge is 0.413 e. The van der Waals surface area contributed by atoms with Crippen LogP contribution < -0.4 is 19.5 Å². The third-order valence-electron chi connectivity index (χ3n) is 8.28. The highest BCUT2D eigenvalue weighted by Crippen LogP contribution is 2.44. The Labute approximate surface area is 264 Å². The zero-order valence-electron chi connectivity index (χ0n) is 26.4. The zero-order chi connectivity index (χ0) is 31.6. The molecule has 0 atom stereocenters. The molecule has 2 aliphatic heterocycles. The van der Waals surface area contributed by atoms with Gasteiger partial charge in [0.05, 0.1) is 25.0 Å². The quantitative estimate of drug-likeness (QED) is 0.267. The van der Waals surface area contributed by atoms with Crippen molar-refractivity contribution in [3.8, 4) is 28.5 Å². The number of nitrogens with one attached hydrogen (secondary N) is 1. The van der Waals surface area contributed by atoms with Gasteiger partial charge in [-0.1, -0.05) is 18.2 Å². The number of rotatable bonds is 9. The maximum atomic E-state index is 12.7. The second-order valence-corrected chi connectivity index (χ2v) is 12.9. The third-order valence-corrected chi connectivity index (χ3v) is 8.28. The number of amides is 2. The van der Waals surface area contributed by atoms with Crippen molar-refractivity contribution >= 4 is 18.0 Å². The van der Waals surface area contributed by atoms with Gasteiger partial charge in [0, 0.05) is 18.7 Å². The summed E-state index contributed by atoms with van der Waals surface area (Å²) < 4.78 is 29.1. The number of hydrogen-bond acceptors (Lipinski definition) is 8. The predicted molar refractivity (Wildman–Crippen MR) is 169 cm³/mol. The minimum atomic E-state index is -0.551. The molecule has 3 aliphatic rings. The van der Waals surface area contributed by atoms with Crippen LogP contribution in [0.3, 0.4) is 0 Å². The van der Waals surface area contributed by atoms with Crippen LogP contribution in [0.1, 0.15) is 69.1 Å². The molecule has 0 spiro atoms. The molecule has 0 radical (unpaired) electrons. The first-order chi connectivity index (χ1) is 21.7. The van der Waals surface area contributed by atoms with E-state index >= 15 is 0 Å². The van der Waals surface area contributed by atoms with E-state index in [-0.39, 0.29) is 18.6 Å². The summed E-state index contributed by atoms with van der Waals surface area (Å²) in [6.07, 6.45) is 2.98. The van der Waals surface area contributed by atoms with E-state index in [1.54, 1.807) is 12.0 Å². The summed E-state index contributed by atoms with van der Waals surface area (Å²) in [5.41, 5.74) is 3.72. The fourth-order valence-corrected chi connectivity index (χ4v) is 5.69. The minimum Gasteiger partial charge on any atom is -0.497 e. The van der Waals surface area contributed by atoms with Crippen LogP contribution in [0.2, 0.25) is 0 Å². The summed E-state index contributed by atoms with van der Waals surface area (Å²) in [5.74, 6) is 3.26. The molecular weight excluding hydrogens is 574 g/mol. The largest absolute Gasteiger partial charge is 0.497 e. The number of benzene rings is 2. The Morgan fingerprint density at radius 2 is 1.73 bits per heavy atom. The molecule has 1 aromatic heterocycles. The minimum absolute atomic E-state index is 0.126. The Morgan fingerprint density at radius 1 is 1.02 bits per heavy atom. The number of nitrogens with zero attached hydrogens (tertiary/aromatic N) is 2. The van der Waals surface area contributed by atoms with Crippen molar-refractivity contribution in [2.24, 2.45) is 5.92 Å². The molecule has 2 amide bonds. The summed E-state index contributed by atoms with van der Waals surface area (Å²) in [7, 11) is 1.64. The molecule has 6 rings (SSSR count). The van der Waals surface area contributed by atoms with Crippen molar-refractivity contribution in [2.45, 2.75) is 71.2 Å². The van der Waals surface area contributed by atoms with Crippen LogP contribution in [0.25, 0.3) is 11.3 Å². The molecular formula is C35H41N3O7. The molecule has 1 saturated carbocycles. The number of hydrogen-bond donors (Lipinski definition) is 1. The molecule has 1 saturated heterocycles. The number of piperidine rings is 1. The lowest BCUT2D eigenvalue weighted by molar-refractivity contribution is 0.0204. The fraction of sp³-hybridized carbons (Fsp3) is 0.457. The first-order valence-electron chi connectivity index (χ1n) is 15.6. The van der Waals surface area contributed by atoms with Gasteiger partial charge in [0.25, 0.3) is 0 Å². The molecule has 238 valence electrons. The second-order valence-electron chi connectivity index (χ2n) is 12.9. The molecule has 0 bridgehead atoms. The Kier molecular flexibility index (Phi) is 8.74. The van der Waals surface area contributed by atoms with Gasteiger partial charge in [0.15, 0.2) is 0 Å². The number of cyclic esters (lactones) is 1. The average Bonchev–Trinajstić information content (AvgIpc) is 3.86. The number of carbonyl (C=O) groups is 2. The normalized spacial score (nSPS) is 16.7. The first-order valence-corrected chi connectivity index (χ1v) is 15.6. The Hall–Kier alpha value is -4.47. The van der Waals surface area contributed by atoms with Crippen molar-refractivity contribution in [1.29, 1.82) is 0 Å². The predicted octanol–water partition coefficient (Wildman–Crippen LogP) is 7.30. The number of aromatic nitrogens is 1. The number of carbonyl (C=O) groups excluding carboxylic acids is 2. The van der Waals surface area contributed by atoms with E-state index in [2.05, 4.69) is 11.4 Å². The molecule has 1 aliphatic carbocycles. The molecule has 0 unspecified atom stereocenters. The summed E-state index contributed by atoms with van der Waals surface area (Å²) >= 11 is 0. The van der Waals surface area contributed by atoms with Crippen molar-refractivity contribution in [3.63, 3.8) is 0 Å². The van der Waals surface area contributed by atoms with E-state index in [0.29, 0.717) is 55.2 Å². The van der Waals surface area contributed by atoms with Gasteiger partial charge in [-0.3, -0.25) is 5.32 Å². The number of ether oxygens (including phenoxy) is 5. The van der Waals surface area contributed by atoms with Gasteiger partial charge in [-0.15, -0.1) is 0 Å². The van der Waals surface area contributed by atoms with Crippen LogP contribution >= 0.6 is 0 Å². The van der Waals surface area contributed by atoms with Gasteiger partial charge < -0.3 is 28.6 Å². The molecule has 2 aromatic carbocycles. The van der Waals surface area contributed by atoms with Gasteiger partial charge in [-0.2, -0.15) is 0 Å². The SMILES string of the molecule is COc1ccc(COc2cccc(OCC3CC3)c2-c2cc(C3CCN(C(=O)OC(C)(C)C)CC3)c3c(n2)NC(=O)OC3)cc1. The molecule has 45 heavy (non-hydrogen) atoms. The van der Waals surface area contributed by atoms with Crippen molar-refractivity contribution < 1.29 is 33.3 Å². The molecule has 3 heterocycles. The second kappa shape index (κ2) is 12.9. The van der Waals surface area contributed by atoms with E-state index in [1.165, 1.54) is 0 Å². The number of methoxy groups -OCH3 is 1. The third kappa shape index (κ3) is 7.44. The Bertz CT molecular complexity index is 1540. The van der Waals surface area contributed by atoms with Crippen molar-refractivity contribution in [2.75, 3.05) is 32.1 Å². The standard InChI is InChI=1S/C35H41N3O7/c1-35(2,3)45-34(40)38-16-14-24(15-17-38)26-18-28(36-32-27(26)21-44-33(39)37-32)31-29(42-19-22-8-9-22)6-5-7-30(31)43-20-23-10-12-25(41-4)13-11-23/h5-7,10-13,18,22,24H,8-9,14-17,19-21H2,1-4H3,(H,36,37,39). The molecule has 2 fully saturated rings. The molecule has 1 N–H and O–H groups in total. The van der Waals surface area contributed by atoms with Gasteiger partial charge in [0.1, 0.15) is 41.9 Å². The van der Waals surface area contributed by atoms with Crippen LogP contribution in [-0.2, 0) is 22.7 Å². The lowest BCUT2D eigenvalue weighted by Crippen LogP contribution is -2.41. The highest BCUT2D eigenvalue weighted by molar-refractivity contribution is 5.88. The lowest BCUT2D eigenvalue weighted by Gasteiger charge is -2.35. The van der Waals surface area contributed by atoms with E-state index in [0.717, 1.165) is 53.7 Å².